The van der Waals surface area contributed by atoms with Crippen LogP contribution in [0.2, 0.25) is 0 Å². The second-order valence-corrected chi connectivity index (χ2v) is 4.92. The van der Waals surface area contributed by atoms with E-state index in [4.69, 9.17) is 9.84 Å². The summed E-state index contributed by atoms with van der Waals surface area (Å²) < 4.78 is 5.23. The predicted molar refractivity (Wildman–Crippen MR) is 71.2 cm³/mol. The first kappa shape index (κ1) is 16.4. The molecule has 1 aliphatic rings. The van der Waals surface area contributed by atoms with Crippen LogP contribution in [-0.4, -0.2) is 42.8 Å². The molecule has 1 heterocycles. The van der Waals surface area contributed by atoms with Crippen molar-refractivity contribution in [2.75, 3.05) is 19.8 Å². The standard InChI is InChI=1S/C13H22N2O5/c16-11(3-1-2-4-12(17)18)15-13(19)14-7-5-10-6-8-20-9-10/h10H,1-9H2,(H,17,18)(H2,14,15,16,19). The van der Waals surface area contributed by atoms with Gasteiger partial charge in [-0.2, -0.15) is 0 Å². The number of ether oxygens (including phenoxy) is 1. The molecule has 3 amide bonds. The first-order valence-electron chi connectivity index (χ1n) is 6.95. The van der Waals surface area contributed by atoms with E-state index < -0.39 is 12.0 Å². The molecule has 0 aromatic carbocycles. The first-order valence-corrected chi connectivity index (χ1v) is 6.95. The summed E-state index contributed by atoms with van der Waals surface area (Å²) in [4.78, 5) is 33.1. The predicted octanol–water partition coefficient (Wildman–Crippen LogP) is 0.884. The molecule has 1 fully saturated rings. The number of carboxylic acid groups (broad SMARTS) is 1. The van der Waals surface area contributed by atoms with Crippen molar-refractivity contribution < 1.29 is 24.2 Å². The van der Waals surface area contributed by atoms with Crippen LogP contribution in [0.4, 0.5) is 4.79 Å². The van der Waals surface area contributed by atoms with Gasteiger partial charge in [0, 0.05) is 32.6 Å². The zero-order chi connectivity index (χ0) is 14.8. The number of carbonyl (C=O) groups excluding carboxylic acids is 2. The molecule has 0 radical (unpaired) electrons. The highest BCUT2D eigenvalue weighted by Gasteiger charge is 2.15. The highest BCUT2D eigenvalue weighted by molar-refractivity contribution is 5.94. The van der Waals surface area contributed by atoms with E-state index in [0.717, 1.165) is 26.1 Å². The molecule has 7 heteroatoms. The normalized spacial score (nSPS) is 17.7. The third kappa shape index (κ3) is 7.73. The number of imide groups is 1. The van der Waals surface area contributed by atoms with Crippen molar-refractivity contribution in [3.05, 3.63) is 0 Å². The first-order chi connectivity index (χ1) is 9.58. The molecular weight excluding hydrogens is 264 g/mol. The Morgan fingerprint density at radius 3 is 2.60 bits per heavy atom. The number of carbonyl (C=O) groups is 3. The Balaban J connectivity index is 1.99. The lowest BCUT2D eigenvalue weighted by Gasteiger charge is -2.09. The van der Waals surface area contributed by atoms with Crippen LogP contribution < -0.4 is 10.6 Å². The van der Waals surface area contributed by atoms with E-state index in [9.17, 15) is 14.4 Å². The van der Waals surface area contributed by atoms with Gasteiger partial charge in [-0.05, 0) is 31.6 Å². The van der Waals surface area contributed by atoms with Gasteiger partial charge < -0.3 is 15.2 Å². The molecule has 0 aromatic rings. The Labute approximate surface area is 118 Å². The van der Waals surface area contributed by atoms with Gasteiger partial charge in [0.1, 0.15) is 0 Å². The molecule has 0 bridgehead atoms. The number of hydrogen-bond acceptors (Lipinski definition) is 4. The Hall–Kier alpha value is -1.63. The summed E-state index contributed by atoms with van der Waals surface area (Å²) in [5.74, 6) is -0.766. The van der Waals surface area contributed by atoms with E-state index in [2.05, 4.69) is 10.6 Å². The van der Waals surface area contributed by atoms with Crippen LogP contribution in [0.1, 0.15) is 38.5 Å². The second-order valence-electron chi connectivity index (χ2n) is 4.92. The van der Waals surface area contributed by atoms with Crippen LogP contribution in [0.25, 0.3) is 0 Å². The van der Waals surface area contributed by atoms with Crippen LogP contribution >= 0.6 is 0 Å². The molecule has 114 valence electrons. The van der Waals surface area contributed by atoms with Crippen LogP contribution in [0.5, 0.6) is 0 Å². The van der Waals surface area contributed by atoms with E-state index in [1.54, 1.807) is 0 Å². The molecule has 1 saturated heterocycles. The van der Waals surface area contributed by atoms with Gasteiger partial charge in [0.15, 0.2) is 0 Å². The molecule has 1 unspecified atom stereocenters. The summed E-state index contributed by atoms with van der Waals surface area (Å²) in [5.41, 5.74) is 0. The number of urea groups is 1. The number of nitrogens with one attached hydrogen (secondary N) is 2. The lowest BCUT2D eigenvalue weighted by molar-refractivity contribution is -0.137. The maximum absolute atomic E-state index is 11.4. The van der Waals surface area contributed by atoms with Crippen LogP contribution in [0.3, 0.4) is 0 Å². The topological polar surface area (TPSA) is 105 Å². The number of unbranched alkanes of at least 4 members (excludes halogenated alkanes) is 1. The van der Waals surface area contributed by atoms with Crippen LogP contribution in [0, 0.1) is 5.92 Å². The fourth-order valence-corrected chi connectivity index (χ4v) is 2.00. The molecule has 0 aromatic heterocycles. The lowest BCUT2D eigenvalue weighted by Crippen LogP contribution is -2.40. The molecule has 20 heavy (non-hydrogen) atoms. The summed E-state index contributed by atoms with van der Waals surface area (Å²) in [6.45, 7) is 2.05. The van der Waals surface area contributed by atoms with Crippen molar-refractivity contribution in [2.24, 2.45) is 5.92 Å². The minimum Gasteiger partial charge on any atom is -0.481 e. The largest absolute Gasteiger partial charge is 0.481 e. The molecule has 0 spiro atoms. The third-order valence-electron chi connectivity index (χ3n) is 3.16. The highest BCUT2D eigenvalue weighted by atomic mass is 16.5. The van der Waals surface area contributed by atoms with Crippen molar-refractivity contribution in [3.8, 4) is 0 Å². The lowest BCUT2D eigenvalue weighted by atomic mass is 10.1. The average molecular weight is 286 g/mol. The Morgan fingerprint density at radius 2 is 1.95 bits per heavy atom. The van der Waals surface area contributed by atoms with Crippen molar-refractivity contribution in [1.82, 2.24) is 10.6 Å². The molecule has 0 saturated carbocycles. The van der Waals surface area contributed by atoms with Gasteiger partial charge in [-0.15, -0.1) is 0 Å². The summed E-state index contributed by atoms with van der Waals surface area (Å²) in [6, 6.07) is -0.493. The van der Waals surface area contributed by atoms with Crippen LogP contribution in [-0.2, 0) is 14.3 Å². The second kappa shape index (κ2) is 9.30. The van der Waals surface area contributed by atoms with E-state index in [1.165, 1.54) is 0 Å². The smallest absolute Gasteiger partial charge is 0.321 e. The van der Waals surface area contributed by atoms with Gasteiger partial charge in [0.05, 0.1) is 0 Å². The molecule has 1 rings (SSSR count). The van der Waals surface area contributed by atoms with Gasteiger partial charge in [-0.1, -0.05) is 0 Å². The van der Waals surface area contributed by atoms with Gasteiger partial charge in [-0.3, -0.25) is 14.9 Å². The van der Waals surface area contributed by atoms with Gasteiger partial charge >= 0.3 is 12.0 Å². The average Bonchev–Trinajstić information content (AvgIpc) is 2.87. The minimum atomic E-state index is -0.876. The van der Waals surface area contributed by atoms with Crippen molar-refractivity contribution in [3.63, 3.8) is 0 Å². The van der Waals surface area contributed by atoms with Gasteiger partial charge in [0.2, 0.25) is 5.91 Å². The summed E-state index contributed by atoms with van der Waals surface area (Å²) in [5, 5.41) is 13.3. The quantitative estimate of drug-likeness (QED) is 0.575. The summed E-state index contributed by atoms with van der Waals surface area (Å²) >= 11 is 0. The number of aliphatic carboxylic acids is 1. The highest BCUT2D eigenvalue weighted by Crippen LogP contribution is 2.14. The molecule has 1 atom stereocenters. The third-order valence-corrected chi connectivity index (χ3v) is 3.16. The summed E-state index contributed by atoms with van der Waals surface area (Å²) in [7, 11) is 0. The van der Waals surface area contributed by atoms with Gasteiger partial charge in [-0.25, -0.2) is 4.79 Å². The minimum absolute atomic E-state index is 0.0446. The molecule has 0 aliphatic carbocycles. The van der Waals surface area contributed by atoms with Crippen molar-refractivity contribution >= 4 is 17.9 Å². The van der Waals surface area contributed by atoms with E-state index >= 15 is 0 Å². The van der Waals surface area contributed by atoms with E-state index in [1.807, 2.05) is 0 Å². The zero-order valence-corrected chi connectivity index (χ0v) is 11.5. The van der Waals surface area contributed by atoms with Crippen molar-refractivity contribution in [1.29, 1.82) is 0 Å². The molecule has 7 nitrogen and oxygen atoms in total. The summed E-state index contributed by atoms with van der Waals surface area (Å²) in [6.07, 6.45) is 2.98. The maximum Gasteiger partial charge on any atom is 0.321 e. The van der Waals surface area contributed by atoms with E-state index in [-0.39, 0.29) is 18.7 Å². The maximum atomic E-state index is 11.4. The monoisotopic (exact) mass is 286 g/mol. The number of rotatable bonds is 8. The molecule has 1 aliphatic heterocycles. The van der Waals surface area contributed by atoms with E-state index in [0.29, 0.717) is 25.3 Å². The van der Waals surface area contributed by atoms with Gasteiger partial charge in [0.25, 0.3) is 0 Å². The fraction of sp³-hybridized carbons (Fsp3) is 0.769. The number of hydrogen-bond donors (Lipinski definition) is 3. The van der Waals surface area contributed by atoms with Crippen LogP contribution in [0.15, 0.2) is 0 Å². The molecule has 3 N–H and O–H groups in total. The van der Waals surface area contributed by atoms with Crippen molar-refractivity contribution in [2.45, 2.75) is 38.5 Å². The SMILES string of the molecule is O=C(O)CCCCC(=O)NC(=O)NCCC1CCOC1. The zero-order valence-electron chi connectivity index (χ0n) is 11.5. The Bertz CT molecular complexity index is 340. The Morgan fingerprint density at radius 1 is 1.20 bits per heavy atom. The molecular formula is C13H22N2O5. The number of carboxylic acids is 1. The Kier molecular flexibility index (Phi) is 7.64. The number of amides is 3. The fourth-order valence-electron chi connectivity index (χ4n) is 2.00.